The van der Waals surface area contributed by atoms with Gasteiger partial charge in [-0.2, -0.15) is 18.4 Å². The fraction of sp³-hybridized carbons (Fsp3) is 0.385. The zero-order valence-electron chi connectivity index (χ0n) is 41.7. The molecule has 0 bridgehead atoms. The molecule has 4 heterocycles. The summed E-state index contributed by atoms with van der Waals surface area (Å²) in [5.74, 6) is -3.61. The molecule has 23 heteroatoms. The van der Waals surface area contributed by atoms with Crippen molar-refractivity contribution in [1.82, 2.24) is 30.8 Å². The lowest BCUT2D eigenvalue weighted by Gasteiger charge is -2.35. The molecule has 396 valence electrons. The maximum absolute atomic E-state index is 15.4. The number of aryl methyl sites for hydroxylation is 1. The van der Waals surface area contributed by atoms with Crippen molar-refractivity contribution >= 4 is 63.7 Å². The molecule has 3 aromatic carbocycles. The maximum atomic E-state index is 15.4. The van der Waals surface area contributed by atoms with Gasteiger partial charge in [0.25, 0.3) is 5.91 Å². The molecule has 75 heavy (non-hydrogen) atoms. The van der Waals surface area contributed by atoms with Crippen molar-refractivity contribution in [3.63, 3.8) is 0 Å². The number of benzene rings is 3. The highest BCUT2D eigenvalue weighted by atomic mass is 32.1. The summed E-state index contributed by atoms with van der Waals surface area (Å²) in [6, 6.07) is 18.2. The van der Waals surface area contributed by atoms with E-state index in [9.17, 15) is 47.8 Å². The van der Waals surface area contributed by atoms with Crippen LogP contribution in [-0.2, 0) is 36.6 Å². The number of hydrogen-bond donors (Lipinski definition) is 5. The van der Waals surface area contributed by atoms with Gasteiger partial charge in [0.1, 0.15) is 41.8 Å². The third kappa shape index (κ3) is 12.6. The Morgan fingerprint density at radius 1 is 1.03 bits per heavy atom. The molecule has 2 aliphatic rings. The van der Waals surface area contributed by atoms with Crippen LogP contribution in [0.1, 0.15) is 81.6 Å². The molecule has 0 radical (unpaired) electrons. The number of nitrogens with one attached hydrogen (secondary N) is 3. The van der Waals surface area contributed by atoms with Crippen LogP contribution < -0.4 is 30.5 Å². The molecule has 1 unspecified atom stereocenters. The SMILES string of the molecule is Cc1ncsc1-c1ccc(CNC(=O)[C@@H]2C[C@@H](O)CN2C(=O)[C@@H](NC(=O)COCCCNC(O)c2ccc(Oc3ccc(N4C(=S)N(c5ccc(C#N)c(C(F)(F)F)c5F)C(=O)C4(C)C)cn3)cc2)C(C)(C)C)cc1. The van der Waals surface area contributed by atoms with Crippen LogP contribution in [0.3, 0.4) is 0 Å². The number of aliphatic hydroxyl groups is 2. The van der Waals surface area contributed by atoms with Gasteiger partial charge in [0.05, 0.1) is 51.4 Å². The number of ether oxygens (including phenoxy) is 2. The summed E-state index contributed by atoms with van der Waals surface area (Å²) in [6.45, 7) is 10.5. The first-order valence-corrected chi connectivity index (χ1v) is 25.0. The fourth-order valence-corrected chi connectivity index (χ4v) is 9.96. The number of carbonyl (C=O) groups is 4. The number of pyridine rings is 1. The minimum Gasteiger partial charge on any atom is -0.439 e. The number of rotatable bonds is 18. The molecule has 2 aliphatic heterocycles. The van der Waals surface area contributed by atoms with Crippen LogP contribution in [0.25, 0.3) is 10.4 Å². The molecule has 2 saturated heterocycles. The number of halogens is 4. The van der Waals surface area contributed by atoms with E-state index in [0.29, 0.717) is 29.2 Å². The smallest absolute Gasteiger partial charge is 0.420 e. The lowest BCUT2D eigenvalue weighted by Crippen LogP contribution is -2.58. The number of hydrogen-bond acceptors (Lipinski definition) is 14. The van der Waals surface area contributed by atoms with Gasteiger partial charge in [-0.3, -0.25) is 29.4 Å². The van der Waals surface area contributed by atoms with Crippen molar-refractivity contribution in [3.05, 3.63) is 118 Å². The molecule has 4 atom stereocenters. The highest BCUT2D eigenvalue weighted by molar-refractivity contribution is 7.81. The van der Waals surface area contributed by atoms with Gasteiger partial charge in [-0.1, -0.05) is 57.2 Å². The van der Waals surface area contributed by atoms with Crippen LogP contribution in [0.15, 0.2) is 84.5 Å². The highest BCUT2D eigenvalue weighted by Gasteiger charge is 2.52. The zero-order valence-corrected chi connectivity index (χ0v) is 43.3. The summed E-state index contributed by atoms with van der Waals surface area (Å²) < 4.78 is 68.2. The Bertz CT molecular complexity index is 2960. The van der Waals surface area contributed by atoms with E-state index in [1.165, 1.54) is 48.0 Å². The van der Waals surface area contributed by atoms with E-state index in [1.54, 1.807) is 61.9 Å². The van der Waals surface area contributed by atoms with E-state index >= 15 is 4.39 Å². The fourth-order valence-electron chi connectivity index (χ4n) is 8.63. The number of nitrogens with zero attached hydrogens (tertiary/aromatic N) is 6. The molecule has 2 fully saturated rings. The number of anilines is 2. The second-order valence-corrected chi connectivity index (χ2v) is 20.7. The van der Waals surface area contributed by atoms with E-state index in [2.05, 4.69) is 25.9 Å². The van der Waals surface area contributed by atoms with Crippen LogP contribution in [0.4, 0.5) is 28.9 Å². The highest BCUT2D eigenvalue weighted by Crippen LogP contribution is 2.42. The van der Waals surface area contributed by atoms with Crippen LogP contribution in [0, 0.1) is 29.5 Å². The van der Waals surface area contributed by atoms with Gasteiger partial charge in [-0.15, -0.1) is 11.3 Å². The number of thiocarbonyl (C=S) groups is 1. The van der Waals surface area contributed by atoms with Crippen molar-refractivity contribution in [1.29, 1.82) is 5.26 Å². The average molecular weight is 1070 g/mol. The predicted molar refractivity (Wildman–Crippen MR) is 274 cm³/mol. The second kappa shape index (κ2) is 22.9. The molecule has 5 aromatic rings. The Hall–Kier alpha value is -6.94. The van der Waals surface area contributed by atoms with E-state index in [-0.39, 0.29) is 49.4 Å². The number of carbonyl (C=O) groups excluding carboxylic acids is 4. The topological polar surface area (TPSA) is 223 Å². The van der Waals surface area contributed by atoms with E-state index in [0.717, 1.165) is 33.8 Å². The molecule has 0 aliphatic carbocycles. The number of amides is 4. The number of nitriles is 1. The van der Waals surface area contributed by atoms with Crippen LogP contribution in [-0.4, -0.2) is 104 Å². The van der Waals surface area contributed by atoms with Gasteiger partial charge in [-0.05, 0) is 98.4 Å². The molecular formula is C52H55F4N9O8S2. The van der Waals surface area contributed by atoms with Gasteiger partial charge in [0.2, 0.25) is 23.6 Å². The van der Waals surface area contributed by atoms with E-state index in [4.69, 9.17) is 21.7 Å². The van der Waals surface area contributed by atoms with Crippen molar-refractivity contribution in [2.24, 2.45) is 5.41 Å². The maximum Gasteiger partial charge on any atom is 0.420 e. The molecule has 7 rings (SSSR count). The van der Waals surface area contributed by atoms with E-state index in [1.807, 2.05) is 31.2 Å². The van der Waals surface area contributed by atoms with Crippen molar-refractivity contribution < 1.29 is 56.4 Å². The number of likely N-dealkylation sites (tertiary alicyclic amines) is 1. The predicted octanol–water partition coefficient (Wildman–Crippen LogP) is 7.05. The summed E-state index contributed by atoms with van der Waals surface area (Å²) in [5, 5.41) is 38.8. The lowest BCUT2D eigenvalue weighted by molar-refractivity contribution is -0.144. The minimum atomic E-state index is -5.22. The molecule has 5 N–H and O–H groups in total. The van der Waals surface area contributed by atoms with Crippen molar-refractivity contribution in [2.75, 3.05) is 36.1 Å². The average Bonchev–Trinajstić information content (AvgIpc) is 4.03. The quantitative estimate of drug-likeness (QED) is 0.0257. The van der Waals surface area contributed by atoms with Crippen LogP contribution >= 0.6 is 23.6 Å². The number of β-amino-alcohol motifs (C(OH)–C–C–N with tert-alkyl or cyclic N) is 1. The first-order valence-electron chi connectivity index (χ1n) is 23.7. The van der Waals surface area contributed by atoms with Crippen LogP contribution in [0.2, 0.25) is 0 Å². The van der Waals surface area contributed by atoms with Crippen molar-refractivity contribution in [3.8, 4) is 28.1 Å². The number of aromatic nitrogens is 2. The van der Waals surface area contributed by atoms with Crippen LogP contribution in [0.5, 0.6) is 11.6 Å². The first kappa shape index (κ1) is 55.8. The van der Waals surface area contributed by atoms with E-state index < -0.39 is 87.8 Å². The van der Waals surface area contributed by atoms with Crippen molar-refractivity contribution in [2.45, 2.75) is 97.1 Å². The van der Waals surface area contributed by atoms with Gasteiger partial charge in [0, 0.05) is 32.2 Å². The van der Waals surface area contributed by atoms with Gasteiger partial charge in [-0.25, -0.2) is 14.4 Å². The summed E-state index contributed by atoms with van der Waals surface area (Å²) in [7, 11) is 0. The molecular weight excluding hydrogens is 1020 g/mol. The third-order valence-electron chi connectivity index (χ3n) is 12.6. The van der Waals surface area contributed by atoms with Gasteiger partial charge in [0.15, 0.2) is 10.9 Å². The molecule has 4 amide bonds. The Balaban J connectivity index is 0.845. The molecule has 2 aromatic heterocycles. The van der Waals surface area contributed by atoms with Gasteiger partial charge < -0.3 is 40.1 Å². The number of thiazole rings is 1. The number of alkyl halides is 3. The Labute approximate surface area is 439 Å². The minimum absolute atomic E-state index is 0.0522. The standard InChI is InChI=1S/C52H55F4N9O8S2/c1-29-43(75-28-61-29)31-10-8-30(9-11-31)24-60-46(69)38-22-35(66)26-63(38)47(70)44(50(2,3)4)62-39(67)27-72-21-7-20-58-45(68)32-12-16-36(17-13-32)73-40-19-15-34(25-59-40)65-49(74)64(48(71)51(65,5)6)37-18-14-33(23-57)41(42(37)53)52(54,55)56/h8-19,25,28,35,38,44-45,58,66,68H,7,20-22,24,26-27H2,1-6H3,(H,60,69)(H,62,67)/t35-,38+,44-,45?/m1/s1. The summed E-state index contributed by atoms with van der Waals surface area (Å²) in [6.07, 6.45) is -5.43. The number of aliphatic hydroxyl groups excluding tert-OH is 2. The largest absolute Gasteiger partial charge is 0.439 e. The summed E-state index contributed by atoms with van der Waals surface area (Å²) in [4.78, 5) is 67.1. The summed E-state index contributed by atoms with van der Waals surface area (Å²) >= 11 is 7.05. The monoisotopic (exact) mass is 1070 g/mol. The molecule has 17 nitrogen and oxygen atoms in total. The Morgan fingerprint density at radius 3 is 2.35 bits per heavy atom. The second-order valence-electron chi connectivity index (χ2n) is 19.5. The Kier molecular flexibility index (Phi) is 17.0. The normalized spacial score (nSPS) is 17.5. The molecule has 0 spiro atoms. The lowest BCUT2D eigenvalue weighted by atomic mass is 9.85. The summed E-state index contributed by atoms with van der Waals surface area (Å²) in [5.41, 5.74) is -0.384. The third-order valence-corrected chi connectivity index (χ3v) is 13.9. The van der Waals surface area contributed by atoms with Gasteiger partial charge >= 0.3 is 6.18 Å². The first-order chi connectivity index (χ1) is 35.4. The zero-order chi connectivity index (χ0) is 54.6. The molecule has 0 saturated carbocycles. The Morgan fingerprint density at radius 2 is 1.73 bits per heavy atom.